The summed E-state index contributed by atoms with van der Waals surface area (Å²) in [6.45, 7) is 0.886. The van der Waals surface area contributed by atoms with Crippen LogP contribution in [-0.4, -0.2) is 25.7 Å². The van der Waals surface area contributed by atoms with Gasteiger partial charge in [-0.15, -0.1) is 12.4 Å². The van der Waals surface area contributed by atoms with Crippen LogP contribution >= 0.6 is 12.4 Å². The van der Waals surface area contributed by atoms with Crippen molar-refractivity contribution in [3.8, 4) is 11.1 Å². The Morgan fingerprint density at radius 3 is 2.33 bits per heavy atom. The third-order valence-corrected chi connectivity index (χ3v) is 4.23. The zero-order valence-corrected chi connectivity index (χ0v) is 14.5. The number of rotatable bonds is 4. The standard InChI is InChI=1S/C20H21NO2.ClH/c1-23-20(22)19(18-9-5-6-14-21-18)17-12-10-16(11-13-17)15-7-3-2-4-8-15;/h2-5,7-13,18-19,21H,6,14H2,1H3;1H/t18-,19?;/m1./s1. The van der Waals surface area contributed by atoms with Gasteiger partial charge in [-0.1, -0.05) is 66.7 Å². The van der Waals surface area contributed by atoms with E-state index in [9.17, 15) is 4.79 Å². The van der Waals surface area contributed by atoms with Crippen LogP contribution in [0.2, 0.25) is 0 Å². The first-order valence-electron chi connectivity index (χ1n) is 7.93. The van der Waals surface area contributed by atoms with Crippen LogP contribution < -0.4 is 5.32 Å². The molecule has 0 amide bonds. The fraction of sp³-hybridized carbons (Fsp3) is 0.250. The molecule has 0 spiro atoms. The number of methoxy groups -OCH3 is 1. The van der Waals surface area contributed by atoms with E-state index in [4.69, 9.17) is 4.74 Å². The number of nitrogens with one attached hydrogen (secondary N) is 1. The predicted octanol–water partition coefficient (Wildman–Crippen LogP) is 3.95. The first-order valence-corrected chi connectivity index (χ1v) is 7.93. The molecule has 3 rings (SSSR count). The highest BCUT2D eigenvalue weighted by Crippen LogP contribution is 2.27. The van der Waals surface area contributed by atoms with Crippen molar-refractivity contribution in [2.75, 3.05) is 13.7 Å². The van der Waals surface area contributed by atoms with E-state index >= 15 is 0 Å². The molecule has 2 aromatic carbocycles. The van der Waals surface area contributed by atoms with Gasteiger partial charge in [-0.05, 0) is 29.7 Å². The fourth-order valence-electron chi connectivity index (χ4n) is 3.00. The molecule has 3 nitrogen and oxygen atoms in total. The fourth-order valence-corrected chi connectivity index (χ4v) is 3.00. The molecule has 0 fully saturated rings. The predicted molar refractivity (Wildman–Crippen MR) is 99.4 cm³/mol. The van der Waals surface area contributed by atoms with E-state index in [0.29, 0.717) is 0 Å². The van der Waals surface area contributed by atoms with Crippen molar-refractivity contribution in [1.82, 2.24) is 5.32 Å². The molecule has 1 heterocycles. The maximum atomic E-state index is 12.3. The average molecular weight is 344 g/mol. The summed E-state index contributed by atoms with van der Waals surface area (Å²) in [5, 5.41) is 3.39. The number of esters is 1. The van der Waals surface area contributed by atoms with Crippen LogP contribution in [0.5, 0.6) is 0 Å². The van der Waals surface area contributed by atoms with Gasteiger partial charge in [-0.25, -0.2) is 0 Å². The lowest BCUT2D eigenvalue weighted by atomic mass is 9.88. The van der Waals surface area contributed by atoms with Crippen LogP contribution in [0.4, 0.5) is 0 Å². The third kappa shape index (κ3) is 4.05. The molecule has 126 valence electrons. The lowest BCUT2D eigenvalue weighted by molar-refractivity contribution is -0.142. The van der Waals surface area contributed by atoms with E-state index in [1.807, 2.05) is 30.3 Å². The molecule has 2 atom stereocenters. The molecule has 1 aliphatic rings. The second-order valence-electron chi connectivity index (χ2n) is 5.69. The second kappa shape index (κ2) is 8.67. The van der Waals surface area contributed by atoms with Gasteiger partial charge in [0.05, 0.1) is 7.11 Å². The lowest BCUT2D eigenvalue weighted by Gasteiger charge is -2.26. The van der Waals surface area contributed by atoms with Crippen LogP contribution in [0.1, 0.15) is 17.9 Å². The highest BCUT2D eigenvalue weighted by molar-refractivity contribution is 5.85. The first kappa shape index (κ1) is 18.2. The quantitative estimate of drug-likeness (QED) is 0.674. The molecule has 24 heavy (non-hydrogen) atoms. The summed E-state index contributed by atoms with van der Waals surface area (Å²) >= 11 is 0. The van der Waals surface area contributed by atoms with Gasteiger partial charge in [-0.2, -0.15) is 0 Å². The molecular formula is C20H22ClNO2. The summed E-state index contributed by atoms with van der Waals surface area (Å²) in [6.07, 6.45) is 5.18. The first-order chi connectivity index (χ1) is 11.3. The van der Waals surface area contributed by atoms with Crippen LogP contribution in [0.15, 0.2) is 66.7 Å². The minimum Gasteiger partial charge on any atom is -0.468 e. The van der Waals surface area contributed by atoms with Crippen LogP contribution in [0.3, 0.4) is 0 Å². The number of carbonyl (C=O) groups excluding carboxylic acids is 1. The van der Waals surface area contributed by atoms with Gasteiger partial charge in [0.15, 0.2) is 0 Å². The number of hydrogen-bond donors (Lipinski definition) is 1. The number of benzene rings is 2. The van der Waals surface area contributed by atoms with Crippen molar-refractivity contribution < 1.29 is 9.53 Å². The second-order valence-corrected chi connectivity index (χ2v) is 5.69. The molecular weight excluding hydrogens is 322 g/mol. The van der Waals surface area contributed by atoms with Crippen molar-refractivity contribution in [2.45, 2.75) is 18.4 Å². The van der Waals surface area contributed by atoms with E-state index in [1.54, 1.807) is 0 Å². The zero-order valence-electron chi connectivity index (χ0n) is 13.6. The van der Waals surface area contributed by atoms with Crippen molar-refractivity contribution in [3.05, 3.63) is 72.3 Å². The molecule has 4 heteroatoms. The Balaban J connectivity index is 0.00000208. The van der Waals surface area contributed by atoms with Gasteiger partial charge >= 0.3 is 5.97 Å². The third-order valence-electron chi connectivity index (χ3n) is 4.23. The zero-order chi connectivity index (χ0) is 16.1. The minimum absolute atomic E-state index is 0. The summed E-state index contributed by atoms with van der Waals surface area (Å²) in [4.78, 5) is 12.3. The molecule has 1 aliphatic heterocycles. The Bertz CT molecular complexity index is 683. The van der Waals surface area contributed by atoms with Gasteiger partial charge in [0.2, 0.25) is 0 Å². The van der Waals surface area contributed by atoms with Crippen LogP contribution in [0.25, 0.3) is 11.1 Å². The molecule has 1 unspecified atom stereocenters. The van der Waals surface area contributed by atoms with Gasteiger partial charge in [0.1, 0.15) is 5.92 Å². The normalized spacial score (nSPS) is 17.6. The van der Waals surface area contributed by atoms with E-state index in [0.717, 1.165) is 24.1 Å². The van der Waals surface area contributed by atoms with Crippen LogP contribution in [-0.2, 0) is 9.53 Å². The van der Waals surface area contributed by atoms with Gasteiger partial charge in [0.25, 0.3) is 0 Å². The Morgan fingerprint density at radius 1 is 1.08 bits per heavy atom. The van der Waals surface area contributed by atoms with Crippen molar-refractivity contribution in [2.24, 2.45) is 0 Å². The van der Waals surface area contributed by atoms with Crippen LogP contribution in [0, 0.1) is 0 Å². The topological polar surface area (TPSA) is 38.3 Å². The number of ether oxygens (including phenoxy) is 1. The van der Waals surface area contributed by atoms with E-state index in [2.05, 4.69) is 41.7 Å². The minimum atomic E-state index is -0.318. The van der Waals surface area contributed by atoms with Crippen molar-refractivity contribution in [3.63, 3.8) is 0 Å². The molecule has 0 saturated carbocycles. The summed E-state index contributed by atoms with van der Waals surface area (Å²) in [6, 6.07) is 18.4. The summed E-state index contributed by atoms with van der Waals surface area (Å²) in [5.41, 5.74) is 3.29. The van der Waals surface area contributed by atoms with E-state index in [-0.39, 0.29) is 30.3 Å². The van der Waals surface area contributed by atoms with Gasteiger partial charge < -0.3 is 10.1 Å². The molecule has 0 radical (unpaired) electrons. The number of carbonyl (C=O) groups is 1. The van der Waals surface area contributed by atoms with Crippen molar-refractivity contribution in [1.29, 1.82) is 0 Å². The molecule has 1 N–H and O–H groups in total. The van der Waals surface area contributed by atoms with E-state index < -0.39 is 0 Å². The molecule has 0 aliphatic carbocycles. The maximum Gasteiger partial charge on any atom is 0.315 e. The summed E-state index contributed by atoms with van der Waals surface area (Å²) in [7, 11) is 1.44. The Hall–Kier alpha value is -2.10. The highest BCUT2D eigenvalue weighted by Gasteiger charge is 2.29. The molecule has 0 aromatic heterocycles. The smallest absolute Gasteiger partial charge is 0.315 e. The number of halogens is 1. The Labute approximate surface area is 149 Å². The monoisotopic (exact) mass is 343 g/mol. The SMILES string of the molecule is COC(=O)C(c1ccc(-c2ccccc2)cc1)[C@H]1C=CCCN1.Cl. The number of hydrogen-bond acceptors (Lipinski definition) is 3. The Morgan fingerprint density at radius 2 is 1.75 bits per heavy atom. The Kier molecular flexibility index (Phi) is 6.59. The molecule has 0 saturated heterocycles. The highest BCUT2D eigenvalue weighted by atomic mass is 35.5. The largest absolute Gasteiger partial charge is 0.468 e. The molecule has 0 bridgehead atoms. The van der Waals surface area contributed by atoms with Gasteiger partial charge in [-0.3, -0.25) is 4.79 Å². The molecule has 2 aromatic rings. The van der Waals surface area contributed by atoms with Gasteiger partial charge in [0, 0.05) is 6.04 Å². The lowest BCUT2D eigenvalue weighted by Crippen LogP contribution is -2.39. The summed E-state index contributed by atoms with van der Waals surface area (Å²) in [5.74, 6) is -0.525. The maximum absolute atomic E-state index is 12.3. The summed E-state index contributed by atoms with van der Waals surface area (Å²) < 4.78 is 5.02. The average Bonchev–Trinajstić information content (AvgIpc) is 2.64. The van der Waals surface area contributed by atoms with Crippen molar-refractivity contribution >= 4 is 18.4 Å². The van der Waals surface area contributed by atoms with E-state index in [1.165, 1.54) is 12.7 Å².